The lowest BCUT2D eigenvalue weighted by Gasteiger charge is -2.14. The molecule has 1 aliphatic heterocycles. The first-order valence-corrected chi connectivity index (χ1v) is 15.5. The van der Waals surface area contributed by atoms with Gasteiger partial charge in [-0.25, -0.2) is 19.4 Å². The normalized spacial score (nSPS) is 15.5. The van der Waals surface area contributed by atoms with Crippen molar-refractivity contribution in [3.8, 4) is 11.5 Å². The first kappa shape index (κ1) is 30.5. The smallest absolute Gasteiger partial charge is 0.416 e. The van der Waals surface area contributed by atoms with Crippen molar-refractivity contribution < 1.29 is 31.9 Å². The minimum absolute atomic E-state index is 0.0256. The van der Waals surface area contributed by atoms with Gasteiger partial charge in [-0.3, -0.25) is 14.3 Å². The van der Waals surface area contributed by atoms with Crippen LogP contribution in [0.4, 0.5) is 13.2 Å². The molecule has 0 unspecified atom stereocenters. The minimum Gasteiger partial charge on any atom is -0.462 e. The van der Waals surface area contributed by atoms with Crippen LogP contribution in [-0.4, -0.2) is 37.8 Å². The SMILES string of the molecule is CCOC(=O)c1c(CCc2ccc(C(F)(F)F)cc2)nc2c(c1-c1nc(C(=O)N[C@@H]3CCc4ccccc43)co1)c(=O)n1n2CCC1. The summed E-state index contributed by atoms with van der Waals surface area (Å²) in [5.41, 5.74) is 2.26. The Balaban J connectivity index is 1.30. The summed E-state index contributed by atoms with van der Waals surface area (Å²) in [6.07, 6.45) is -0.600. The van der Waals surface area contributed by atoms with Gasteiger partial charge in [0.2, 0.25) is 5.89 Å². The van der Waals surface area contributed by atoms with Gasteiger partial charge >= 0.3 is 12.1 Å². The zero-order valence-corrected chi connectivity index (χ0v) is 25.4. The Labute approximate surface area is 266 Å². The topological polar surface area (TPSA) is 121 Å². The molecule has 4 heterocycles. The van der Waals surface area contributed by atoms with Crippen molar-refractivity contribution in [2.24, 2.45) is 0 Å². The van der Waals surface area contributed by atoms with Crippen LogP contribution in [0.1, 0.15) is 74.6 Å². The van der Waals surface area contributed by atoms with E-state index in [1.807, 2.05) is 24.3 Å². The highest BCUT2D eigenvalue weighted by molar-refractivity contribution is 6.06. The predicted octanol–water partition coefficient (Wildman–Crippen LogP) is 5.65. The predicted molar refractivity (Wildman–Crippen MR) is 164 cm³/mol. The zero-order valence-electron chi connectivity index (χ0n) is 25.4. The van der Waals surface area contributed by atoms with Crippen molar-refractivity contribution in [1.29, 1.82) is 0 Å². The third-order valence-electron chi connectivity index (χ3n) is 8.78. The molecular weight excluding hydrogens is 615 g/mol. The average molecular weight is 646 g/mol. The maximum atomic E-state index is 13.7. The number of carbonyl (C=O) groups excluding carboxylic acids is 2. The van der Waals surface area contributed by atoms with Crippen molar-refractivity contribution in [3.63, 3.8) is 0 Å². The summed E-state index contributed by atoms with van der Waals surface area (Å²) in [6, 6.07) is 12.5. The molecule has 0 saturated carbocycles. The molecule has 242 valence electrons. The minimum atomic E-state index is -4.46. The quantitative estimate of drug-likeness (QED) is 0.216. The second-order valence-electron chi connectivity index (χ2n) is 11.6. The van der Waals surface area contributed by atoms with E-state index in [4.69, 9.17) is 14.1 Å². The number of nitrogens with one attached hydrogen (secondary N) is 1. The molecule has 1 atom stereocenters. The van der Waals surface area contributed by atoms with Crippen LogP contribution in [0.25, 0.3) is 22.5 Å². The molecule has 2 aromatic carbocycles. The van der Waals surface area contributed by atoms with E-state index in [0.717, 1.165) is 37.0 Å². The van der Waals surface area contributed by atoms with Crippen LogP contribution in [0, 0.1) is 0 Å². The van der Waals surface area contributed by atoms with Gasteiger partial charge in [-0.2, -0.15) is 13.2 Å². The van der Waals surface area contributed by atoms with E-state index in [9.17, 15) is 27.6 Å². The fourth-order valence-corrected chi connectivity index (χ4v) is 6.56. The summed E-state index contributed by atoms with van der Waals surface area (Å²) in [4.78, 5) is 49.9. The highest BCUT2D eigenvalue weighted by Crippen LogP contribution is 2.35. The number of hydrogen-bond acceptors (Lipinski definition) is 7. The van der Waals surface area contributed by atoms with E-state index in [1.54, 1.807) is 16.3 Å². The summed E-state index contributed by atoms with van der Waals surface area (Å²) in [5, 5.41) is 3.13. The third kappa shape index (κ3) is 5.49. The number of nitrogens with zero attached hydrogens (tertiary/aromatic N) is 4. The molecule has 2 aliphatic rings. The number of oxazole rings is 1. The van der Waals surface area contributed by atoms with E-state index in [-0.39, 0.29) is 64.8 Å². The number of hydrogen-bond donors (Lipinski definition) is 1. The van der Waals surface area contributed by atoms with Crippen LogP contribution in [0.2, 0.25) is 0 Å². The molecule has 1 N–H and O–H groups in total. The Hall–Kier alpha value is -5.20. The summed E-state index contributed by atoms with van der Waals surface area (Å²) < 4.78 is 53.9. The largest absolute Gasteiger partial charge is 0.462 e. The number of rotatable bonds is 8. The summed E-state index contributed by atoms with van der Waals surface area (Å²) in [5.74, 6) is -1.35. The van der Waals surface area contributed by atoms with E-state index < -0.39 is 23.6 Å². The number of esters is 1. The maximum absolute atomic E-state index is 13.7. The Morgan fingerprint density at radius 3 is 2.57 bits per heavy atom. The van der Waals surface area contributed by atoms with E-state index in [0.29, 0.717) is 24.3 Å². The maximum Gasteiger partial charge on any atom is 0.416 e. The van der Waals surface area contributed by atoms with Gasteiger partial charge in [0.1, 0.15) is 6.26 Å². The molecule has 0 spiro atoms. The van der Waals surface area contributed by atoms with Crippen LogP contribution in [0.5, 0.6) is 0 Å². The molecule has 10 nitrogen and oxygen atoms in total. The lowest BCUT2D eigenvalue weighted by atomic mass is 9.98. The number of fused-ring (bicyclic) bond motifs is 4. The molecule has 0 saturated heterocycles. The molecule has 7 rings (SSSR count). The third-order valence-corrected chi connectivity index (χ3v) is 8.78. The average Bonchev–Trinajstić information content (AvgIpc) is 3.86. The number of benzene rings is 2. The lowest BCUT2D eigenvalue weighted by Crippen LogP contribution is -2.27. The molecule has 13 heteroatoms. The molecule has 1 aliphatic carbocycles. The molecular formula is C34H30F3N5O5. The molecule has 1 amide bonds. The molecule has 5 aromatic rings. The van der Waals surface area contributed by atoms with Gasteiger partial charge in [0.25, 0.3) is 11.5 Å². The van der Waals surface area contributed by atoms with Crippen molar-refractivity contribution in [3.05, 3.63) is 104 Å². The van der Waals surface area contributed by atoms with Gasteiger partial charge in [0.05, 0.1) is 40.4 Å². The van der Waals surface area contributed by atoms with Crippen LogP contribution >= 0.6 is 0 Å². The summed E-state index contributed by atoms with van der Waals surface area (Å²) >= 11 is 0. The van der Waals surface area contributed by atoms with Crippen molar-refractivity contribution in [1.82, 2.24) is 24.6 Å². The number of pyridine rings is 1. The standard InChI is InChI=1S/C34H30F3N5O5/c1-2-46-33(45)26-24(14-10-19-8-12-21(13-9-19)34(35,36)37)38-29-28(32(44)42-17-5-16-41(29)42)27(26)31-40-25(18-47-31)30(43)39-23-15-11-20-6-3-4-7-22(20)23/h3-4,6-9,12-13,18,23H,2,5,10-11,14-17H2,1H3,(H,39,43)/t23-/m1/s1. The van der Waals surface area contributed by atoms with Crippen LogP contribution in [0.3, 0.4) is 0 Å². The van der Waals surface area contributed by atoms with E-state index >= 15 is 0 Å². The fourth-order valence-electron chi connectivity index (χ4n) is 6.56. The van der Waals surface area contributed by atoms with Gasteiger partial charge in [0.15, 0.2) is 11.3 Å². The second-order valence-corrected chi connectivity index (χ2v) is 11.6. The first-order chi connectivity index (χ1) is 22.6. The van der Waals surface area contributed by atoms with Gasteiger partial charge < -0.3 is 14.5 Å². The van der Waals surface area contributed by atoms with Crippen molar-refractivity contribution in [2.45, 2.75) is 64.3 Å². The number of ether oxygens (including phenoxy) is 1. The Morgan fingerprint density at radius 1 is 1.04 bits per heavy atom. The molecule has 0 radical (unpaired) electrons. The van der Waals surface area contributed by atoms with Gasteiger partial charge in [0, 0.05) is 13.1 Å². The van der Waals surface area contributed by atoms with Crippen molar-refractivity contribution in [2.75, 3.05) is 6.61 Å². The Bertz CT molecular complexity index is 2080. The molecule has 3 aromatic heterocycles. The number of aromatic nitrogens is 4. The molecule has 0 bridgehead atoms. The number of aryl methyl sites for hydroxylation is 4. The lowest BCUT2D eigenvalue weighted by molar-refractivity contribution is -0.137. The summed E-state index contributed by atoms with van der Waals surface area (Å²) in [7, 11) is 0. The van der Waals surface area contributed by atoms with E-state index in [1.165, 1.54) is 24.0 Å². The number of amides is 1. The van der Waals surface area contributed by atoms with E-state index in [2.05, 4.69) is 10.3 Å². The van der Waals surface area contributed by atoms with Crippen LogP contribution in [0.15, 0.2) is 64.0 Å². The van der Waals surface area contributed by atoms with Gasteiger partial charge in [-0.15, -0.1) is 0 Å². The highest BCUT2D eigenvalue weighted by Gasteiger charge is 2.33. The Morgan fingerprint density at radius 2 is 1.81 bits per heavy atom. The second kappa shape index (κ2) is 11.9. The van der Waals surface area contributed by atoms with Crippen molar-refractivity contribution >= 4 is 22.9 Å². The number of carbonyl (C=O) groups is 2. The van der Waals surface area contributed by atoms with Gasteiger partial charge in [-0.05, 0) is 67.9 Å². The van der Waals surface area contributed by atoms with Crippen LogP contribution < -0.4 is 10.9 Å². The zero-order chi connectivity index (χ0) is 32.9. The molecule has 47 heavy (non-hydrogen) atoms. The van der Waals surface area contributed by atoms with Crippen LogP contribution in [-0.2, 0) is 43.3 Å². The Kier molecular flexibility index (Phi) is 7.69. The molecule has 0 fully saturated rings. The number of alkyl halides is 3. The number of halogens is 3. The van der Waals surface area contributed by atoms with Gasteiger partial charge in [-0.1, -0.05) is 36.4 Å². The first-order valence-electron chi connectivity index (χ1n) is 15.5. The highest BCUT2D eigenvalue weighted by atomic mass is 19.4. The summed E-state index contributed by atoms with van der Waals surface area (Å²) in [6.45, 7) is 2.64. The fraction of sp³-hybridized carbons (Fsp3) is 0.324. The monoisotopic (exact) mass is 645 g/mol.